The average molecular weight is 274 g/mol. The van der Waals surface area contributed by atoms with Gasteiger partial charge < -0.3 is 5.11 Å². The molecule has 2 unspecified atom stereocenters. The summed E-state index contributed by atoms with van der Waals surface area (Å²) >= 11 is 0. The van der Waals surface area contributed by atoms with Gasteiger partial charge in [0.05, 0.1) is 0 Å². The van der Waals surface area contributed by atoms with Crippen molar-refractivity contribution in [3.05, 3.63) is 12.2 Å². The van der Waals surface area contributed by atoms with E-state index in [1.807, 2.05) is 6.08 Å². The van der Waals surface area contributed by atoms with Gasteiger partial charge in [0, 0.05) is 0 Å². The van der Waals surface area contributed by atoms with Crippen LogP contribution in [0.2, 0.25) is 0 Å². The first-order valence-corrected chi connectivity index (χ1v) is 5.59. The molecule has 7 heteroatoms. The van der Waals surface area contributed by atoms with E-state index >= 15 is 0 Å². The first kappa shape index (κ1) is 13.7. The van der Waals surface area contributed by atoms with Gasteiger partial charge in [0.2, 0.25) is 0 Å². The summed E-state index contributed by atoms with van der Waals surface area (Å²) in [6.07, 6.45) is -8.33. The van der Waals surface area contributed by atoms with E-state index in [1.165, 1.54) is 0 Å². The number of rotatable bonds is 2. The third-order valence-electron chi connectivity index (χ3n) is 3.91. The summed E-state index contributed by atoms with van der Waals surface area (Å²) in [5.41, 5.74) is -4.59. The number of halogens is 6. The van der Waals surface area contributed by atoms with Crippen LogP contribution in [0.25, 0.3) is 0 Å². The predicted molar refractivity (Wildman–Crippen MR) is 50.5 cm³/mol. The zero-order valence-electron chi connectivity index (χ0n) is 9.22. The molecule has 1 fully saturated rings. The molecule has 0 spiro atoms. The Labute approximate surface area is 99.5 Å². The Bertz CT molecular complexity index is 342. The molecule has 2 rings (SSSR count). The normalized spacial score (nSPS) is 32.3. The highest BCUT2D eigenvalue weighted by Crippen LogP contribution is 2.53. The van der Waals surface area contributed by atoms with E-state index in [1.54, 1.807) is 6.08 Å². The fraction of sp³-hybridized carbons (Fsp3) is 0.818. The highest BCUT2D eigenvalue weighted by atomic mass is 19.4. The van der Waals surface area contributed by atoms with E-state index in [4.69, 9.17) is 5.11 Å². The van der Waals surface area contributed by atoms with Gasteiger partial charge in [-0.05, 0) is 37.0 Å². The van der Waals surface area contributed by atoms with Crippen LogP contribution in [0.5, 0.6) is 0 Å². The molecule has 0 aromatic rings. The summed E-state index contributed by atoms with van der Waals surface area (Å²) in [5, 5.41) is 9.10. The van der Waals surface area contributed by atoms with E-state index in [2.05, 4.69) is 0 Å². The molecule has 0 radical (unpaired) electrons. The number of fused-ring (bicyclic) bond motifs is 2. The zero-order chi connectivity index (χ0) is 13.8. The van der Waals surface area contributed by atoms with Gasteiger partial charge in [-0.2, -0.15) is 26.3 Å². The predicted octanol–water partition coefficient (Wildman–Crippen LogP) is 3.44. The van der Waals surface area contributed by atoms with E-state index in [0.29, 0.717) is 6.42 Å². The molecule has 104 valence electrons. The number of allylic oxidation sites excluding steroid dienone is 2. The lowest BCUT2D eigenvalue weighted by Crippen LogP contribution is -2.58. The largest absolute Gasteiger partial charge is 0.426 e. The van der Waals surface area contributed by atoms with Gasteiger partial charge in [-0.3, -0.25) is 0 Å². The van der Waals surface area contributed by atoms with Crippen LogP contribution in [0.3, 0.4) is 0 Å². The molecular formula is C11H12F6O. The topological polar surface area (TPSA) is 20.2 Å². The molecule has 18 heavy (non-hydrogen) atoms. The SMILES string of the molecule is OC(CC1C[C@H]2C=CC1C2)(C(F)(F)F)C(F)(F)F. The Morgan fingerprint density at radius 3 is 1.83 bits per heavy atom. The lowest BCUT2D eigenvalue weighted by Gasteiger charge is -2.35. The van der Waals surface area contributed by atoms with Gasteiger partial charge in [-0.1, -0.05) is 12.2 Å². The van der Waals surface area contributed by atoms with Crippen molar-refractivity contribution in [1.29, 1.82) is 0 Å². The molecule has 2 bridgehead atoms. The minimum Gasteiger partial charge on any atom is -0.374 e. The van der Waals surface area contributed by atoms with E-state index in [-0.39, 0.29) is 18.3 Å². The van der Waals surface area contributed by atoms with Gasteiger partial charge in [-0.15, -0.1) is 0 Å². The van der Waals surface area contributed by atoms with Crippen molar-refractivity contribution < 1.29 is 31.4 Å². The van der Waals surface area contributed by atoms with E-state index < -0.39 is 30.3 Å². The molecule has 2 aliphatic rings. The van der Waals surface area contributed by atoms with Crippen LogP contribution in [0.1, 0.15) is 19.3 Å². The first-order valence-electron chi connectivity index (χ1n) is 5.59. The van der Waals surface area contributed by atoms with Gasteiger partial charge in [0.1, 0.15) is 0 Å². The van der Waals surface area contributed by atoms with Crippen LogP contribution in [0, 0.1) is 17.8 Å². The fourth-order valence-electron chi connectivity index (χ4n) is 2.90. The van der Waals surface area contributed by atoms with E-state index in [9.17, 15) is 26.3 Å². The van der Waals surface area contributed by atoms with Crippen molar-refractivity contribution in [2.45, 2.75) is 37.2 Å². The standard InChI is InChI=1S/C11H12F6O/c12-10(13,14)9(18,11(15,16)17)5-8-4-6-1-2-7(8)3-6/h1-2,6-8,18H,3-5H2/t6-,7?,8?/m0/s1. The molecule has 0 aromatic carbocycles. The molecule has 0 saturated heterocycles. The second kappa shape index (κ2) is 3.88. The number of aliphatic hydroxyl groups is 1. The van der Waals surface area contributed by atoms with Crippen LogP contribution in [-0.2, 0) is 0 Å². The maximum atomic E-state index is 12.5. The van der Waals surface area contributed by atoms with E-state index in [0.717, 1.165) is 0 Å². The zero-order valence-corrected chi connectivity index (χ0v) is 9.22. The molecule has 0 heterocycles. The Kier molecular flexibility index (Phi) is 2.96. The first-order chi connectivity index (χ1) is 8.04. The highest BCUT2D eigenvalue weighted by molar-refractivity contribution is 5.12. The minimum atomic E-state index is -5.70. The van der Waals surface area contributed by atoms with Crippen molar-refractivity contribution in [2.75, 3.05) is 0 Å². The third kappa shape index (κ3) is 2.02. The molecule has 0 amide bonds. The molecule has 1 saturated carbocycles. The molecule has 1 nitrogen and oxygen atoms in total. The van der Waals surface area contributed by atoms with Gasteiger partial charge >= 0.3 is 12.4 Å². The fourth-order valence-corrected chi connectivity index (χ4v) is 2.90. The second-order valence-corrected chi connectivity index (χ2v) is 5.10. The monoisotopic (exact) mass is 274 g/mol. The summed E-state index contributed by atoms with van der Waals surface area (Å²) in [5.74, 6) is -0.967. The second-order valence-electron chi connectivity index (χ2n) is 5.10. The van der Waals surface area contributed by atoms with Crippen molar-refractivity contribution in [1.82, 2.24) is 0 Å². The summed E-state index contributed by atoms with van der Waals surface area (Å²) in [7, 11) is 0. The minimum absolute atomic E-state index is 0.0608. The number of alkyl halides is 6. The smallest absolute Gasteiger partial charge is 0.374 e. The number of hydrogen-bond donors (Lipinski definition) is 1. The Morgan fingerprint density at radius 1 is 0.944 bits per heavy atom. The van der Waals surface area contributed by atoms with Gasteiger partial charge in [-0.25, -0.2) is 0 Å². The summed E-state index contributed by atoms with van der Waals surface area (Å²) in [6, 6.07) is 0. The van der Waals surface area contributed by atoms with Crippen molar-refractivity contribution in [3.8, 4) is 0 Å². The molecule has 0 aromatic heterocycles. The van der Waals surface area contributed by atoms with Crippen molar-refractivity contribution >= 4 is 0 Å². The van der Waals surface area contributed by atoms with Gasteiger partial charge in [0.15, 0.2) is 0 Å². The Balaban J connectivity index is 2.19. The summed E-state index contributed by atoms with van der Waals surface area (Å²) in [4.78, 5) is 0. The maximum Gasteiger partial charge on any atom is 0.426 e. The number of hydrogen-bond acceptors (Lipinski definition) is 1. The van der Waals surface area contributed by atoms with Crippen molar-refractivity contribution in [3.63, 3.8) is 0 Å². The molecule has 1 N–H and O–H groups in total. The van der Waals surface area contributed by atoms with Crippen LogP contribution in [0.15, 0.2) is 12.2 Å². The van der Waals surface area contributed by atoms with Crippen LogP contribution in [0.4, 0.5) is 26.3 Å². The molecular weight excluding hydrogens is 262 g/mol. The average Bonchev–Trinajstić information content (AvgIpc) is 2.75. The molecule has 3 atom stereocenters. The van der Waals surface area contributed by atoms with Gasteiger partial charge in [0.25, 0.3) is 5.60 Å². The highest BCUT2D eigenvalue weighted by Gasteiger charge is 2.71. The Hall–Kier alpha value is -0.720. The molecule has 2 aliphatic carbocycles. The summed E-state index contributed by atoms with van der Waals surface area (Å²) < 4.78 is 75.0. The lowest BCUT2D eigenvalue weighted by atomic mass is 9.82. The Morgan fingerprint density at radius 2 is 1.50 bits per heavy atom. The quantitative estimate of drug-likeness (QED) is 0.604. The maximum absolute atomic E-state index is 12.5. The third-order valence-corrected chi connectivity index (χ3v) is 3.91. The summed E-state index contributed by atoms with van der Waals surface area (Å²) in [6.45, 7) is 0. The van der Waals surface area contributed by atoms with Crippen LogP contribution < -0.4 is 0 Å². The van der Waals surface area contributed by atoms with Crippen molar-refractivity contribution in [2.24, 2.45) is 17.8 Å². The lowest BCUT2D eigenvalue weighted by molar-refractivity contribution is -0.373. The van der Waals surface area contributed by atoms with Crippen LogP contribution >= 0.6 is 0 Å². The molecule has 0 aliphatic heterocycles. The van der Waals surface area contributed by atoms with Crippen LogP contribution in [-0.4, -0.2) is 23.1 Å².